The molecule has 5 N–H and O–H groups in total. The van der Waals surface area contributed by atoms with Gasteiger partial charge in [-0.05, 0) is 101 Å². The summed E-state index contributed by atoms with van der Waals surface area (Å²) in [5.41, 5.74) is 0. The molecule has 6 rings (SSSR count). The van der Waals surface area contributed by atoms with Crippen LogP contribution in [0.1, 0.15) is 109 Å². The van der Waals surface area contributed by atoms with Crippen molar-refractivity contribution in [2.45, 2.75) is 174 Å². The topological polar surface area (TPSA) is 220 Å². The van der Waals surface area contributed by atoms with Crippen molar-refractivity contribution in [3.8, 4) is 0 Å². The summed E-state index contributed by atoms with van der Waals surface area (Å²) in [5, 5.41) is 42.3. The molecule has 0 heterocycles. The third kappa shape index (κ3) is 9.09. The fraction of sp³-hybridized carbons (Fsp3) is 1.00. The molecule has 0 aromatic heterocycles. The van der Waals surface area contributed by atoms with Gasteiger partial charge in [0.2, 0.25) is 0 Å². The van der Waals surface area contributed by atoms with Crippen molar-refractivity contribution in [2.75, 3.05) is 7.11 Å². The average molecular weight is 732 g/mol. The summed E-state index contributed by atoms with van der Waals surface area (Å²) in [5.74, 6) is 0.418. The first-order chi connectivity index (χ1) is 23.3. The van der Waals surface area contributed by atoms with Crippen molar-refractivity contribution >= 4 is 20.2 Å². The molecule has 6 aliphatic carbocycles. The van der Waals surface area contributed by atoms with Crippen LogP contribution in [0.5, 0.6) is 0 Å². The van der Waals surface area contributed by atoms with Crippen molar-refractivity contribution in [1.82, 2.24) is 5.32 Å². The molecule has 0 bridgehead atoms. The van der Waals surface area contributed by atoms with E-state index in [1.165, 1.54) is 19.3 Å². The molecule has 0 radical (unpaired) electrons. The molecule has 0 aliphatic heterocycles. The molecular formula is C33H57N5O9S2. The minimum Gasteiger partial charge on any atom is -0.391 e. The Morgan fingerprint density at radius 1 is 0.633 bits per heavy atom. The number of hydrogen-bond donors (Lipinski definition) is 5. The summed E-state index contributed by atoms with van der Waals surface area (Å²) in [6.45, 7) is 0. The first-order valence-corrected chi connectivity index (χ1v) is 21.7. The highest BCUT2D eigenvalue weighted by molar-refractivity contribution is 7.86. The number of rotatable bonds is 9. The van der Waals surface area contributed by atoms with Gasteiger partial charge in [0.15, 0.2) is 0 Å². The molecule has 14 nitrogen and oxygen atoms in total. The SMILES string of the molecule is COC1CC(N=NC2C(O)C3CCC(NC4CCCCC4)CC3CC2S(=O)(=O)O)C(O)CC1N=NC1CCC2CCC(S(=O)(=O)O)CC2C1. The second kappa shape index (κ2) is 15.8. The molecule has 14 unspecified atom stereocenters. The first-order valence-electron chi connectivity index (χ1n) is 18.7. The van der Waals surface area contributed by atoms with Crippen LogP contribution in [0.15, 0.2) is 20.5 Å². The molecule has 14 atom stereocenters. The molecule has 0 aromatic carbocycles. The summed E-state index contributed by atoms with van der Waals surface area (Å²) >= 11 is 0. The largest absolute Gasteiger partial charge is 0.391 e. The van der Waals surface area contributed by atoms with Crippen molar-refractivity contribution < 1.29 is 40.9 Å². The number of nitrogens with one attached hydrogen (secondary N) is 1. The van der Waals surface area contributed by atoms with Crippen LogP contribution in [0.4, 0.5) is 0 Å². The predicted octanol–water partition coefficient (Wildman–Crippen LogP) is 4.12. The minimum absolute atomic E-state index is 0.0511. The number of hydrogen-bond acceptors (Lipinski definition) is 12. The Bertz CT molecular complexity index is 1390. The molecule has 6 saturated carbocycles. The Kier molecular flexibility index (Phi) is 12.2. The number of ether oxygens (including phenoxy) is 1. The minimum atomic E-state index is -4.52. The summed E-state index contributed by atoms with van der Waals surface area (Å²) in [4.78, 5) is 0. The number of aliphatic hydroxyl groups excluding tert-OH is 2. The maximum atomic E-state index is 12.6. The predicted molar refractivity (Wildman–Crippen MR) is 182 cm³/mol. The lowest BCUT2D eigenvalue weighted by Crippen LogP contribution is -2.56. The molecule has 49 heavy (non-hydrogen) atoms. The van der Waals surface area contributed by atoms with E-state index >= 15 is 0 Å². The van der Waals surface area contributed by atoms with Gasteiger partial charge in [-0.3, -0.25) is 9.11 Å². The van der Waals surface area contributed by atoms with Gasteiger partial charge < -0.3 is 20.3 Å². The number of aliphatic hydroxyl groups is 2. The normalized spacial score (nSPS) is 44.5. The average Bonchev–Trinajstić information content (AvgIpc) is 3.06. The second-order valence-electron chi connectivity index (χ2n) is 16.1. The van der Waals surface area contributed by atoms with E-state index < -0.39 is 67.2 Å². The van der Waals surface area contributed by atoms with Crippen molar-refractivity contribution in [2.24, 2.45) is 44.1 Å². The lowest BCUT2D eigenvalue weighted by atomic mass is 9.66. The highest BCUT2D eigenvalue weighted by Gasteiger charge is 2.51. The maximum absolute atomic E-state index is 12.6. The quantitative estimate of drug-likeness (QED) is 0.169. The van der Waals surface area contributed by atoms with Gasteiger partial charge in [-0.25, -0.2) is 0 Å². The van der Waals surface area contributed by atoms with Gasteiger partial charge in [-0.1, -0.05) is 19.3 Å². The van der Waals surface area contributed by atoms with Crippen LogP contribution in [-0.4, -0.2) is 108 Å². The zero-order chi connectivity index (χ0) is 34.9. The Hall–Kier alpha value is -1.14. The molecule has 16 heteroatoms. The summed E-state index contributed by atoms with van der Waals surface area (Å²) in [6, 6.07) is -1.56. The van der Waals surface area contributed by atoms with Gasteiger partial charge in [0.25, 0.3) is 20.2 Å². The number of azo groups is 2. The van der Waals surface area contributed by atoms with Gasteiger partial charge in [0, 0.05) is 32.0 Å². The third-order valence-electron chi connectivity index (χ3n) is 13.0. The van der Waals surface area contributed by atoms with Gasteiger partial charge in [0.05, 0.1) is 41.7 Å². The van der Waals surface area contributed by atoms with E-state index in [4.69, 9.17) is 4.74 Å². The van der Waals surface area contributed by atoms with Crippen molar-refractivity contribution in [3.05, 3.63) is 0 Å². The summed E-state index contributed by atoms with van der Waals surface area (Å²) < 4.78 is 74.3. The zero-order valence-corrected chi connectivity index (χ0v) is 30.2. The van der Waals surface area contributed by atoms with Crippen LogP contribution in [0.2, 0.25) is 0 Å². The van der Waals surface area contributed by atoms with E-state index in [2.05, 4.69) is 25.8 Å². The van der Waals surface area contributed by atoms with E-state index in [0.717, 1.165) is 51.4 Å². The number of nitrogens with zero attached hydrogens (tertiary/aromatic N) is 4. The second-order valence-corrected chi connectivity index (χ2v) is 19.4. The molecule has 0 saturated heterocycles. The highest BCUT2D eigenvalue weighted by Crippen LogP contribution is 2.45. The smallest absolute Gasteiger partial charge is 0.270 e. The molecular weight excluding hydrogens is 675 g/mol. The van der Waals surface area contributed by atoms with Crippen LogP contribution < -0.4 is 5.32 Å². The Labute approximate surface area is 291 Å². The Morgan fingerprint density at radius 2 is 1.37 bits per heavy atom. The monoisotopic (exact) mass is 731 g/mol. The van der Waals surface area contributed by atoms with E-state index in [-0.39, 0.29) is 49.1 Å². The van der Waals surface area contributed by atoms with Crippen LogP contribution in [0.3, 0.4) is 0 Å². The van der Waals surface area contributed by atoms with Crippen LogP contribution in [0.25, 0.3) is 0 Å². The van der Waals surface area contributed by atoms with Gasteiger partial charge in [-0.15, -0.1) is 0 Å². The molecule has 0 amide bonds. The fourth-order valence-electron chi connectivity index (χ4n) is 10.3. The van der Waals surface area contributed by atoms with Gasteiger partial charge in [-0.2, -0.15) is 37.3 Å². The molecule has 6 aliphatic rings. The van der Waals surface area contributed by atoms with Gasteiger partial charge >= 0.3 is 0 Å². The Balaban J connectivity index is 1.06. The standard InChI is InChI=1S/C33H57N5O9S2/c1-47-30-18-27(29(39)17-28(30)37-35-24-9-7-19-8-11-25(48(41,42)43)15-20(19)13-24)36-38-32-31(49(44,45)46)16-21-14-23(10-12-26(21)33(32)40)34-22-5-3-2-4-6-22/h19-34,39-40H,2-18H2,1H3,(H,41,42,43)(H,44,45,46). The van der Waals surface area contributed by atoms with Crippen LogP contribution >= 0.6 is 0 Å². The lowest BCUT2D eigenvalue weighted by Gasteiger charge is -2.47. The number of fused-ring (bicyclic) bond motifs is 2. The Morgan fingerprint density at radius 3 is 2.08 bits per heavy atom. The molecule has 0 spiro atoms. The number of methoxy groups -OCH3 is 1. The van der Waals surface area contributed by atoms with Gasteiger partial charge in [0.1, 0.15) is 11.3 Å². The van der Waals surface area contributed by atoms with E-state index in [9.17, 15) is 36.2 Å². The lowest BCUT2D eigenvalue weighted by molar-refractivity contribution is -0.0179. The van der Waals surface area contributed by atoms with E-state index in [1.54, 1.807) is 7.11 Å². The molecule has 6 fully saturated rings. The third-order valence-corrected chi connectivity index (χ3v) is 15.5. The molecule has 0 aromatic rings. The molecule has 280 valence electrons. The van der Waals surface area contributed by atoms with Crippen LogP contribution in [0, 0.1) is 23.7 Å². The fourth-order valence-corrected chi connectivity index (χ4v) is 12.2. The zero-order valence-electron chi connectivity index (χ0n) is 28.6. The van der Waals surface area contributed by atoms with E-state index in [1.807, 2.05) is 0 Å². The van der Waals surface area contributed by atoms with Crippen LogP contribution in [-0.2, 0) is 25.0 Å². The summed E-state index contributed by atoms with van der Waals surface area (Å²) in [7, 11) is -7.02. The van der Waals surface area contributed by atoms with Crippen molar-refractivity contribution in [1.29, 1.82) is 0 Å². The highest BCUT2D eigenvalue weighted by atomic mass is 32.2. The first kappa shape index (κ1) is 37.6. The van der Waals surface area contributed by atoms with E-state index in [0.29, 0.717) is 31.2 Å². The summed E-state index contributed by atoms with van der Waals surface area (Å²) in [6.07, 6.45) is 10.9. The van der Waals surface area contributed by atoms with Crippen molar-refractivity contribution in [3.63, 3.8) is 0 Å². The maximum Gasteiger partial charge on any atom is 0.270 e.